The van der Waals surface area contributed by atoms with Crippen LogP contribution in [0.15, 0.2) is 47.1 Å². The maximum Gasteiger partial charge on any atom is 0.331 e. The molecule has 0 aliphatic carbocycles. The van der Waals surface area contributed by atoms with Gasteiger partial charge in [-0.3, -0.25) is 4.79 Å². The summed E-state index contributed by atoms with van der Waals surface area (Å²) in [4.78, 5) is 23.8. The van der Waals surface area contributed by atoms with Crippen LogP contribution >= 0.6 is 0 Å². The Balaban J connectivity index is 1.88. The Labute approximate surface area is 151 Å². The molecule has 2 aromatic rings. The van der Waals surface area contributed by atoms with Gasteiger partial charge in [0.2, 0.25) is 0 Å². The number of methoxy groups -OCH3 is 2. The molecule has 1 amide bonds. The van der Waals surface area contributed by atoms with Crippen molar-refractivity contribution in [1.29, 1.82) is 0 Å². The Bertz CT molecular complexity index is 766. The van der Waals surface area contributed by atoms with Gasteiger partial charge in [0, 0.05) is 17.7 Å². The Morgan fingerprint density at radius 3 is 2.69 bits per heavy atom. The third-order valence-corrected chi connectivity index (χ3v) is 3.52. The first-order valence-electron chi connectivity index (χ1n) is 7.94. The highest BCUT2D eigenvalue weighted by atomic mass is 16.5. The largest absolute Gasteiger partial charge is 0.497 e. The summed E-state index contributed by atoms with van der Waals surface area (Å²) in [6.45, 7) is 1.73. The van der Waals surface area contributed by atoms with Gasteiger partial charge in [-0.15, -0.1) is 0 Å². The normalized spacial score (nSPS) is 11.8. The molecule has 1 heterocycles. The first-order chi connectivity index (χ1) is 12.5. The lowest BCUT2D eigenvalue weighted by atomic mass is 10.1. The van der Waals surface area contributed by atoms with Crippen molar-refractivity contribution in [3.8, 4) is 11.5 Å². The molecule has 1 atom stereocenters. The van der Waals surface area contributed by atoms with E-state index in [2.05, 4.69) is 5.32 Å². The molecule has 0 radical (unpaired) electrons. The van der Waals surface area contributed by atoms with Crippen molar-refractivity contribution in [2.75, 3.05) is 14.2 Å². The van der Waals surface area contributed by atoms with Gasteiger partial charge >= 0.3 is 5.97 Å². The van der Waals surface area contributed by atoms with Gasteiger partial charge in [0.05, 0.1) is 27.0 Å². The molecule has 0 saturated carbocycles. The van der Waals surface area contributed by atoms with Crippen molar-refractivity contribution in [2.24, 2.45) is 0 Å². The third kappa shape index (κ3) is 5.41. The smallest absolute Gasteiger partial charge is 0.331 e. The molecule has 1 N–H and O–H groups in total. The van der Waals surface area contributed by atoms with Crippen molar-refractivity contribution >= 4 is 18.0 Å². The highest BCUT2D eigenvalue weighted by Gasteiger charge is 2.16. The first kappa shape index (κ1) is 19.1. The van der Waals surface area contributed by atoms with E-state index in [0.717, 1.165) is 0 Å². The Hall–Kier alpha value is -3.22. The molecule has 0 fully saturated rings. The Kier molecular flexibility index (Phi) is 6.84. The molecule has 7 heteroatoms. The van der Waals surface area contributed by atoms with E-state index >= 15 is 0 Å². The zero-order valence-corrected chi connectivity index (χ0v) is 14.9. The number of carbonyl (C=O) groups excluding carboxylic acids is 2. The molecule has 0 aliphatic rings. The summed E-state index contributed by atoms with van der Waals surface area (Å²) in [5.41, 5.74) is 0.681. The molecule has 7 nitrogen and oxygen atoms in total. The number of carbonyl (C=O) groups is 2. The van der Waals surface area contributed by atoms with Gasteiger partial charge in [-0.05, 0) is 37.3 Å². The monoisotopic (exact) mass is 359 g/mol. The van der Waals surface area contributed by atoms with Gasteiger partial charge in [0.1, 0.15) is 17.3 Å². The summed E-state index contributed by atoms with van der Waals surface area (Å²) in [6, 6.07) is 8.67. The molecule has 0 aliphatic heterocycles. The molecule has 1 aromatic carbocycles. The van der Waals surface area contributed by atoms with E-state index in [1.807, 2.05) is 0 Å². The minimum atomic E-state index is -0.931. The standard InChI is InChI=1S/C19H21NO6/c1-13(19(22)20-12-16-5-4-10-25-16)26-18(21)9-7-14-6-8-15(23-2)11-17(14)24-3/h4-11,13H,12H2,1-3H3,(H,20,22)/b9-7+/t13-/m1/s1. The third-order valence-electron chi connectivity index (χ3n) is 3.52. The number of ether oxygens (including phenoxy) is 3. The minimum Gasteiger partial charge on any atom is -0.497 e. The van der Waals surface area contributed by atoms with Crippen molar-refractivity contribution < 1.29 is 28.2 Å². The van der Waals surface area contributed by atoms with Gasteiger partial charge in [0.15, 0.2) is 6.10 Å². The molecular formula is C19H21NO6. The fourth-order valence-corrected chi connectivity index (χ4v) is 2.11. The van der Waals surface area contributed by atoms with E-state index in [1.165, 1.54) is 26.4 Å². The molecule has 0 saturated heterocycles. The number of furan rings is 1. The maximum atomic E-state index is 11.9. The van der Waals surface area contributed by atoms with Gasteiger partial charge in [0.25, 0.3) is 5.91 Å². The van der Waals surface area contributed by atoms with Crippen LogP contribution in [0.2, 0.25) is 0 Å². The first-order valence-corrected chi connectivity index (χ1v) is 7.94. The minimum absolute atomic E-state index is 0.229. The lowest BCUT2D eigenvalue weighted by Crippen LogP contribution is -2.35. The van der Waals surface area contributed by atoms with Crippen LogP contribution in [0.1, 0.15) is 18.2 Å². The molecule has 26 heavy (non-hydrogen) atoms. The van der Waals surface area contributed by atoms with Crippen LogP contribution < -0.4 is 14.8 Å². The van der Waals surface area contributed by atoms with Crippen molar-refractivity contribution in [3.63, 3.8) is 0 Å². The molecule has 0 bridgehead atoms. The van der Waals surface area contributed by atoms with Crippen LogP contribution in [-0.4, -0.2) is 32.2 Å². The average Bonchev–Trinajstić information content (AvgIpc) is 3.17. The summed E-state index contributed by atoms with van der Waals surface area (Å²) in [5, 5.41) is 2.63. The second-order valence-electron chi connectivity index (χ2n) is 5.32. The zero-order chi connectivity index (χ0) is 18.9. The number of hydrogen-bond acceptors (Lipinski definition) is 6. The summed E-state index contributed by atoms with van der Waals surface area (Å²) >= 11 is 0. The average molecular weight is 359 g/mol. The number of nitrogens with one attached hydrogen (secondary N) is 1. The van der Waals surface area contributed by atoms with Gasteiger partial charge < -0.3 is 23.9 Å². The fraction of sp³-hybridized carbons (Fsp3) is 0.263. The summed E-state index contributed by atoms with van der Waals surface area (Å²) in [7, 11) is 3.08. The lowest BCUT2D eigenvalue weighted by molar-refractivity contribution is -0.150. The van der Waals surface area contributed by atoms with Crippen LogP contribution in [0.5, 0.6) is 11.5 Å². The fourth-order valence-electron chi connectivity index (χ4n) is 2.11. The number of esters is 1. The topological polar surface area (TPSA) is 87.0 Å². The molecule has 0 spiro atoms. The van der Waals surface area contributed by atoms with Crippen molar-refractivity contribution in [3.05, 3.63) is 54.0 Å². The van der Waals surface area contributed by atoms with Crippen molar-refractivity contribution in [1.82, 2.24) is 5.32 Å². The predicted molar refractivity (Wildman–Crippen MR) is 94.7 cm³/mol. The molecule has 0 unspecified atom stereocenters. The quantitative estimate of drug-likeness (QED) is 0.576. The summed E-state index contributed by atoms with van der Waals surface area (Å²) in [6.07, 6.45) is 3.37. The van der Waals surface area contributed by atoms with E-state index in [1.54, 1.807) is 43.5 Å². The maximum absolute atomic E-state index is 11.9. The lowest BCUT2D eigenvalue weighted by Gasteiger charge is -2.11. The van der Waals surface area contributed by atoms with Crippen LogP contribution in [0.4, 0.5) is 0 Å². The Morgan fingerprint density at radius 2 is 2.04 bits per heavy atom. The number of benzene rings is 1. The Morgan fingerprint density at radius 1 is 1.23 bits per heavy atom. The second kappa shape index (κ2) is 9.31. The van der Waals surface area contributed by atoms with E-state index in [0.29, 0.717) is 22.8 Å². The van der Waals surface area contributed by atoms with Gasteiger partial charge in [-0.25, -0.2) is 4.79 Å². The number of amides is 1. The summed E-state index contributed by atoms with van der Waals surface area (Å²) < 4.78 is 20.6. The van der Waals surface area contributed by atoms with E-state index < -0.39 is 18.0 Å². The van der Waals surface area contributed by atoms with Crippen LogP contribution in [0, 0.1) is 0 Å². The number of rotatable bonds is 8. The molecule has 1 aromatic heterocycles. The molecule has 2 rings (SSSR count). The van der Waals surface area contributed by atoms with Crippen LogP contribution in [0.25, 0.3) is 6.08 Å². The molecule has 138 valence electrons. The highest BCUT2D eigenvalue weighted by molar-refractivity contribution is 5.90. The van der Waals surface area contributed by atoms with Crippen LogP contribution in [0.3, 0.4) is 0 Å². The van der Waals surface area contributed by atoms with Crippen LogP contribution in [-0.2, 0) is 20.9 Å². The summed E-state index contributed by atoms with van der Waals surface area (Å²) in [5.74, 6) is 0.762. The van der Waals surface area contributed by atoms with E-state index in [9.17, 15) is 9.59 Å². The highest BCUT2D eigenvalue weighted by Crippen LogP contribution is 2.25. The number of hydrogen-bond donors (Lipinski definition) is 1. The van der Waals surface area contributed by atoms with Crippen molar-refractivity contribution in [2.45, 2.75) is 19.6 Å². The van der Waals surface area contributed by atoms with Gasteiger partial charge in [-0.1, -0.05) is 0 Å². The SMILES string of the molecule is COc1ccc(/C=C/C(=O)O[C@H](C)C(=O)NCc2ccco2)c(OC)c1. The predicted octanol–water partition coefficient (Wildman–Crippen LogP) is 2.56. The van der Waals surface area contributed by atoms with E-state index in [-0.39, 0.29) is 6.54 Å². The second-order valence-corrected chi connectivity index (χ2v) is 5.32. The molecular weight excluding hydrogens is 338 g/mol. The van der Waals surface area contributed by atoms with Gasteiger partial charge in [-0.2, -0.15) is 0 Å². The van der Waals surface area contributed by atoms with E-state index in [4.69, 9.17) is 18.6 Å². The zero-order valence-electron chi connectivity index (χ0n) is 14.9.